The van der Waals surface area contributed by atoms with Crippen molar-refractivity contribution in [2.75, 3.05) is 78.7 Å². The van der Waals surface area contributed by atoms with Gasteiger partial charge < -0.3 is 19.2 Å². The Balaban J connectivity index is 1.40. The zero-order chi connectivity index (χ0) is 22.1. The van der Waals surface area contributed by atoms with Gasteiger partial charge in [-0.2, -0.15) is 0 Å². The molecule has 0 saturated carbocycles. The fourth-order valence-electron chi connectivity index (χ4n) is 4.26. The topological polar surface area (TPSA) is 85.5 Å². The van der Waals surface area contributed by atoms with Crippen LogP contribution < -0.4 is 0 Å². The van der Waals surface area contributed by atoms with Gasteiger partial charge in [-0.15, -0.1) is 0 Å². The molecular formula is C22H39N5O4. The average molecular weight is 438 g/mol. The van der Waals surface area contributed by atoms with Crippen molar-refractivity contribution in [3.05, 3.63) is 17.8 Å². The minimum Gasteiger partial charge on any atom is -0.447 e. The van der Waals surface area contributed by atoms with Crippen LogP contribution >= 0.6 is 0 Å². The summed E-state index contributed by atoms with van der Waals surface area (Å²) in [6.45, 7) is 14.6. The second-order valence-electron chi connectivity index (χ2n) is 8.56. The van der Waals surface area contributed by atoms with Gasteiger partial charge in [0, 0.05) is 65.4 Å². The fourth-order valence-corrected chi connectivity index (χ4v) is 4.26. The number of aromatic nitrogens is 1. The van der Waals surface area contributed by atoms with E-state index < -0.39 is 0 Å². The Kier molecular flexibility index (Phi) is 9.73. The molecule has 3 heterocycles. The van der Waals surface area contributed by atoms with E-state index in [4.69, 9.17) is 9.15 Å². The van der Waals surface area contributed by atoms with E-state index in [9.17, 15) is 9.90 Å². The van der Waals surface area contributed by atoms with Gasteiger partial charge in [-0.05, 0) is 12.8 Å². The molecule has 9 heteroatoms. The number of morpholine rings is 1. The van der Waals surface area contributed by atoms with Gasteiger partial charge in [0.25, 0.3) is 5.91 Å². The molecule has 176 valence electrons. The summed E-state index contributed by atoms with van der Waals surface area (Å²) in [5.41, 5.74) is 0.404. The summed E-state index contributed by atoms with van der Waals surface area (Å²) in [5.74, 6) is 0.551. The molecule has 0 bridgehead atoms. The van der Waals surface area contributed by atoms with Crippen molar-refractivity contribution in [1.29, 1.82) is 0 Å². The Bertz CT molecular complexity index is 650. The first kappa shape index (κ1) is 24.1. The molecular weight excluding hydrogens is 398 g/mol. The summed E-state index contributed by atoms with van der Waals surface area (Å²) in [4.78, 5) is 25.9. The molecule has 2 aliphatic rings. The summed E-state index contributed by atoms with van der Waals surface area (Å²) >= 11 is 0. The molecule has 0 aliphatic carbocycles. The highest BCUT2D eigenvalue weighted by atomic mass is 16.5. The predicted molar refractivity (Wildman–Crippen MR) is 118 cm³/mol. The van der Waals surface area contributed by atoms with Crippen LogP contribution in [0.5, 0.6) is 0 Å². The van der Waals surface area contributed by atoms with Gasteiger partial charge in [-0.1, -0.05) is 13.8 Å². The monoisotopic (exact) mass is 437 g/mol. The summed E-state index contributed by atoms with van der Waals surface area (Å²) in [6, 6.07) is 0. The highest BCUT2D eigenvalue weighted by Crippen LogP contribution is 2.12. The molecule has 0 spiro atoms. The van der Waals surface area contributed by atoms with Gasteiger partial charge in [0.15, 0.2) is 5.69 Å². The molecule has 1 N–H and O–H groups in total. The lowest BCUT2D eigenvalue weighted by atomic mass is 10.2. The van der Waals surface area contributed by atoms with Gasteiger partial charge in [0.05, 0.1) is 25.9 Å². The Labute approximate surface area is 185 Å². The average Bonchev–Trinajstić information content (AvgIpc) is 3.23. The second kappa shape index (κ2) is 12.5. The van der Waals surface area contributed by atoms with Crippen LogP contribution in [0.25, 0.3) is 0 Å². The highest BCUT2D eigenvalue weighted by Gasteiger charge is 2.23. The van der Waals surface area contributed by atoms with E-state index in [1.54, 1.807) is 0 Å². The minimum atomic E-state index is -0.334. The van der Waals surface area contributed by atoms with Gasteiger partial charge >= 0.3 is 0 Å². The van der Waals surface area contributed by atoms with Crippen LogP contribution in [-0.2, 0) is 11.3 Å². The smallest absolute Gasteiger partial charge is 0.275 e. The first-order valence-electron chi connectivity index (χ1n) is 11.8. The third-order valence-corrected chi connectivity index (χ3v) is 5.91. The summed E-state index contributed by atoms with van der Waals surface area (Å²) in [6.07, 6.45) is 3.02. The quantitative estimate of drug-likeness (QED) is 0.543. The first-order chi connectivity index (χ1) is 15.1. The standard InChI is InChI=1S/C22H39N5O4/c1-3-5-27(6-4-2)22(29)20-18-31-21(23-20)17-25-9-7-24(8-10-25)15-19(28)16-26-11-13-30-14-12-26/h18-19,28H,3-17H2,1-2H3. The zero-order valence-corrected chi connectivity index (χ0v) is 19.2. The summed E-state index contributed by atoms with van der Waals surface area (Å²) < 4.78 is 11.0. The molecule has 2 aliphatic heterocycles. The number of carbonyl (C=O) groups is 1. The molecule has 1 unspecified atom stereocenters. The van der Waals surface area contributed by atoms with Crippen LogP contribution in [0.4, 0.5) is 0 Å². The molecule has 0 radical (unpaired) electrons. The van der Waals surface area contributed by atoms with Crippen molar-refractivity contribution in [3.8, 4) is 0 Å². The molecule has 2 saturated heterocycles. The first-order valence-corrected chi connectivity index (χ1v) is 11.8. The van der Waals surface area contributed by atoms with E-state index in [0.717, 1.165) is 78.4 Å². The lowest BCUT2D eigenvalue weighted by Gasteiger charge is -2.36. The molecule has 31 heavy (non-hydrogen) atoms. The molecule has 2 fully saturated rings. The molecule has 1 aromatic heterocycles. The van der Waals surface area contributed by atoms with Gasteiger partial charge in [0.1, 0.15) is 6.26 Å². The van der Waals surface area contributed by atoms with Crippen molar-refractivity contribution >= 4 is 5.91 Å². The number of rotatable bonds is 11. The van der Waals surface area contributed by atoms with Crippen LogP contribution in [0.3, 0.4) is 0 Å². The maximum atomic E-state index is 12.7. The molecule has 1 aromatic rings. The van der Waals surface area contributed by atoms with Gasteiger partial charge in [-0.25, -0.2) is 4.98 Å². The number of nitrogens with zero attached hydrogens (tertiary/aromatic N) is 5. The number of hydrogen-bond donors (Lipinski definition) is 1. The van der Waals surface area contributed by atoms with Gasteiger partial charge in [0.2, 0.25) is 5.89 Å². The molecule has 1 amide bonds. The van der Waals surface area contributed by atoms with Crippen molar-refractivity contribution in [2.45, 2.75) is 39.3 Å². The summed E-state index contributed by atoms with van der Waals surface area (Å²) in [7, 11) is 0. The maximum Gasteiger partial charge on any atom is 0.275 e. The van der Waals surface area contributed by atoms with E-state index in [2.05, 4.69) is 33.5 Å². The van der Waals surface area contributed by atoms with Crippen LogP contribution in [0, 0.1) is 0 Å². The van der Waals surface area contributed by atoms with Crippen molar-refractivity contribution < 1.29 is 19.1 Å². The number of oxazole rings is 1. The Morgan fingerprint density at radius 2 is 1.61 bits per heavy atom. The van der Waals surface area contributed by atoms with E-state index in [1.165, 1.54) is 6.26 Å². The normalized spacial score (nSPS) is 20.1. The number of ether oxygens (including phenoxy) is 1. The zero-order valence-electron chi connectivity index (χ0n) is 19.2. The lowest BCUT2D eigenvalue weighted by molar-refractivity contribution is 0.00187. The number of β-amino-alcohol motifs (C(OH)–C–C–N with tert-alkyl or cyclic N) is 1. The highest BCUT2D eigenvalue weighted by molar-refractivity contribution is 5.91. The maximum absolute atomic E-state index is 12.7. The van der Waals surface area contributed by atoms with Gasteiger partial charge in [-0.3, -0.25) is 19.5 Å². The van der Waals surface area contributed by atoms with E-state index in [0.29, 0.717) is 31.2 Å². The SMILES string of the molecule is CCCN(CCC)C(=O)c1coc(CN2CCN(CC(O)CN3CCOCC3)CC2)n1. The number of amides is 1. The third kappa shape index (κ3) is 7.54. The predicted octanol–water partition coefficient (Wildman–Crippen LogP) is 0.748. The second-order valence-corrected chi connectivity index (χ2v) is 8.56. The molecule has 9 nitrogen and oxygen atoms in total. The van der Waals surface area contributed by atoms with Crippen LogP contribution in [-0.4, -0.2) is 120 Å². The minimum absolute atomic E-state index is 0.0437. The fraction of sp³-hybridized carbons (Fsp3) is 0.818. The lowest BCUT2D eigenvalue weighted by Crippen LogP contribution is -2.50. The van der Waals surface area contributed by atoms with Crippen LogP contribution in [0.1, 0.15) is 43.1 Å². The Morgan fingerprint density at radius 1 is 1.03 bits per heavy atom. The van der Waals surface area contributed by atoms with Crippen molar-refractivity contribution in [1.82, 2.24) is 24.6 Å². The number of piperazine rings is 1. The number of carbonyl (C=O) groups excluding carboxylic acids is 1. The summed E-state index contributed by atoms with van der Waals surface area (Å²) in [5, 5.41) is 10.4. The van der Waals surface area contributed by atoms with Crippen LogP contribution in [0.2, 0.25) is 0 Å². The van der Waals surface area contributed by atoms with E-state index in [-0.39, 0.29) is 12.0 Å². The van der Waals surface area contributed by atoms with E-state index in [1.807, 2.05) is 4.90 Å². The molecule has 1 atom stereocenters. The van der Waals surface area contributed by atoms with Crippen LogP contribution in [0.15, 0.2) is 10.7 Å². The number of aliphatic hydroxyl groups is 1. The van der Waals surface area contributed by atoms with E-state index >= 15 is 0 Å². The molecule has 0 aromatic carbocycles. The Morgan fingerprint density at radius 3 is 2.23 bits per heavy atom. The number of hydrogen-bond acceptors (Lipinski definition) is 8. The van der Waals surface area contributed by atoms with Crippen molar-refractivity contribution in [3.63, 3.8) is 0 Å². The largest absolute Gasteiger partial charge is 0.447 e. The molecule has 3 rings (SSSR count). The van der Waals surface area contributed by atoms with Crippen molar-refractivity contribution in [2.24, 2.45) is 0 Å². The number of aliphatic hydroxyl groups excluding tert-OH is 1. The third-order valence-electron chi connectivity index (χ3n) is 5.91. The Hall–Kier alpha value is -1.52.